The van der Waals surface area contributed by atoms with E-state index in [9.17, 15) is 5.11 Å². The predicted octanol–water partition coefficient (Wildman–Crippen LogP) is 2.91. The van der Waals surface area contributed by atoms with Crippen LogP contribution in [0.2, 0.25) is 0 Å². The van der Waals surface area contributed by atoms with E-state index < -0.39 is 6.10 Å². The zero-order valence-corrected chi connectivity index (χ0v) is 11.0. The molecule has 1 atom stereocenters. The van der Waals surface area contributed by atoms with Crippen molar-refractivity contribution in [2.75, 3.05) is 13.2 Å². The molecule has 1 aliphatic rings. The number of aliphatic hydroxyl groups is 1. The van der Waals surface area contributed by atoms with Crippen LogP contribution < -0.4 is 9.47 Å². The summed E-state index contributed by atoms with van der Waals surface area (Å²) in [5.74, 6) is 1.61. The van der Waals surface area contributed by atoms with E-state index in [2.05, 4.69) is 15.9 Å². The SMILES string of the molecule is CC(C)C(O)c1cc2c(cc1Br)OCCO2. The molecule has 1 aromatic rings. The highest BCUT2D eigenvalue weighted by atomic mass is 79.9. The average molecular weight is 287 g/mol. The molecular formula is C12H15BrO3. The van der Waals surface area contributed by atoms with Gasteiger partial charge in [-0.2, -0.15) is 0 Å². The first-order chi connectivity index (χ1) is 7.59. The lowest BCUT2D eigenvalue weighted by Crippen LogP contribution is -2.16. The van der Waals surface area contributed by atoms with Gasteiger partial charge in [-0.1, -0.05) is 29.8 Å². The van der Waals surface area contributed by atoms with E-state index in [0.29, 0.717) is 19.0 Å². The molecule has 3 nitrogen and oxygen atoms in total. The minimum absolute atomic E-state index is 0.166. The van der Waals surface area contributed by atoms with Crippen LogP contribution in [0.3, 0.4) is 0 Å². The van der Waals surface area contributed by atoms with Gasteiger partial charge in [-0.05, 0) is 23.6 Å². The molecule has 0 aliphatic carbocycles. The number of hydrogen-bond donors (Lipinski definition) is 1. The minimum atomic E-state index is -0.495. The molecule has 2 rings (SSSR count). The van der Waals surface area contributed by atoms with Gasteiger partial charge in [0.2, 0.25) is 0 Å². The van der Waals surface area contributed by atoms with Crippen LogP contribution in [0.1, 0.15) is 25.5 Å². The summed E-state index contributed by atoms with van der Waals surface area (Å²) in [5, 5.41) is 10.1. The van der Waals surface area contributed by atoms with Crippen molar-refractivity contribution in [3.8, 4) is 11.5 Å². The van der Waals surface area contributed by atoms with Crippen LogP contribution in [0.15, 0.2) is 16.6 Å². The maximum absolute atomic E-state index is 10.1. The fraction of sp³-hybridized carbons (Fsp3) is 0.500. The molecule has 0 aromatic heterocycles. The highest BCUT2D eigenvalue weighted by Gasteiger charge is 2.20. The van der Waals surface area contributed by atoms with Crippen molar-refractivity contribution >= 4 is 15.9 Å². The molecule has 0 saturated heterocycles. The van der Waals surface area contributed by atoms with Crippen molar-refractivity contribution in [3.05, 3.63) is 22.2 Å². The Morgan fingerprint density at radius 1 is 1.19 bits per heavy atom. The molecule has 0 amide bonds. The van der Waals surface area contributed by atoms with Gasteiger partial charge in [0.1, 0.15) is 13.2 Å². The molecule has 1 aromatic carbocycles. The van der Waals surface area contributed by atoms with Gasteiger partial charge in [-0.25, -0.2) is 0 Å². The van der Waals surface area contributed by atoms with Crippen molar-refractivity contribution in [1.29, 1.82) is 0 Å². The number of rotatable bonds is 2. The molecular weight excluding hydrogens is 272 g/mol. The molecule has 4 heteroatoms. The van der Waals surface area contributed by atoms with Gasteiger partial charge in [-0.15, -0.1) is 0 Å². The van der Waals surface area contributed by atoms with Gasteiger partial charge in [0.25, 0.3) is 0 Å². The molecule has 1 N–H and O–H groups in total. The number of halogens is 1. The van der Waals surface area contributed by atoms with E-state index in [1.54, 1.807) is 0 Å². The van der Waals surface area contributed by atoms with Crippen LogP contribution >= 0.6 is 15.9 Å². The summed E-state index contributed by atoms with van der Waals surface area (Å²) in [6, 6.07) is 3.71. The van der Waals surface area contributed by atoms with E-state index in [1.807, 2.05) is 26.0 Å². The van der Waals surface area contributed by atoms with Gasteiger partial charge in [0.05, 0.1) is 6.10 Å². The van der Waals surface area contributed by atoms with E-state index >= 15 is 0 Å². The highest BCUT2D eigenvalue weighted by Crippen LogP contribution is 2.39. The lowest BCUT2D eigenvalue weighted by molar-refractivity contribution is 0.124. The zero-order valence-electron chi connectivity index (χ0n) is 9.37. The Morgan fingerprint density at radius 3 is 2.31 bits per heavy atom. The third-order valence-corrected chi connectivity index (χ3v) is 3.30. The third-order valence-electron chi connectivity index (χ3n) is 2.61. The summed E-state index contributed by atoms with van der Waals surface area (Å²) >= 11 is 3.45. The van der Waals surface area contributed by atoms with E-state index in [-0.39, 0.29) is 5.92 Å². The largest absolute Gasteiger partial charge is 0.486 e. The van der Waals surface area contributed by atoms with Crippen molar-refractivity contribution in [1.82, 2.24) is 0 Å². The summed E-state index contributed by atoms with van der Waals surface area (Å²) < 4.78 is 11.8. The summed E-state index contributed by atoms with van der Waals surface area (Å²) in [4.78, 5) is 0. The first-order valence-corrected chi connectivity index (χ1v) is 6.16. The number of aliphatic hydroxyl groups excluding tert-OH is 1. The first-order valence-electron chi connectivity index (χ1n) is 5.36. The molecule has 16 heavy (non-hydrogen) atoms. The Hall–Kier alpha value is -0.740. The van der Waals surface area contributed by atoms with Crippen molar-refractivity contribution in [3.63, 3.8) is 0 Å². The molecule has 0 spiro atoms. The Morgan fingerprint density at radius 2 is 1.75 bits per heavy atom. The van der Waals surface area contributed by atoms with Crippen molar-refractivity contribution in [2.24, 2.45) is 5.92 Å². The number of hydrogen-bond acceptors (Lipinski definition) is 3. The Bertz CT molecular complexity index is 390. The minimum Gasteiger partial charge on any atom is -0.486 e. The highest BCUT2D eigenvalue weighted by molar-refractivity contribution is 9.10. The smallest absolute Gasteiger partial charge is 0.162 e. The molecule has 1 unspecified atom stereocenters. The monoisotopic (exact) mass is 286 g/mol. The first kappa shape index (κ1) is 11.7. The molecule has 0 radical (unpaired) electrons. The van der Waals surface area contributed by atoms with Gasteiger partial charge in [0.15, 0.2) is 11.5 Å². The lowest BCUT2D eigenvalue weighted by atomic mass is 9.99. The number of fused-ring (bicyclic) bond motifs is 1. The Kier molecular flexibility index (Phi) is 3.40. The third kappa shape index (κ3) is 2.18. The quantitative estimate of drug-likeness (QED) is 0.909. The topological polar surface area (TPSA) is 38.7 Å². The van der Waals surface area contributed by atoms with Crippen LogP contribution in [-0.2, 0) is 0 Å². The van der Waals surface area contributed by atoms with Crippen LogP contribution in [0.4, 0.5) is 0 Å². The van der Waals surface area contributed by atoms with Crippen LogP contribution in [-0.4, -0.2) is 18.3 Å². The summed E-state index contributed by atoms with van der Waals surface area (Å²) in [6.07, 6.45) is -0.495. The molecule has 0 fully saturated rings. The number of ether oxygens (including phenoxy) is 2. The van der Waals surface area contributed by atoms with Crippen LogP contribution in [0.25, 0.3) is 0 Å². The van der Waals surface area contributed by atoms with E-state index in [1.165, 1.54) is 0 Å². The lowest BCUT2D eigenvalue weighted by Gasteiger charge is -2.22. The second-order valence-corrected chi connectivity index (χ2v) is 5.06. The fourth-order valence-corrected chi connectivity index (χ4v) is 2.22. The van der Waals surface area contributed by atoms with Gasteiger partial charge in [0, 0.05) is 4.47 Å². The van der Waals surface area contributed by atoms with Gasteiger partial charge in [-0.3, -0.25) is 0 Å². The van der Waals surface area contributed by atoms with Crippen molar-refractivity contribution in [2.45, 2.75) is 20.0 Å². The molecule has 1 aliphatic heterocycles. The maximum Gasteiger partial charge on any atom is 0.162 e. The predicted molar refractivity (Wildman–Crippen MR) is 64.9 cm³/mol. The van der Waals surface area contributed by atoms with Crippen LogP contribution in [0, 0.1) is 5.92 Å². The second kappa shape index (κ2) is 4.63. The van der Waals surface area contributed by atoms with E-state index in [0.717, 1.165) is 15.8 Å². The maximum atomic E-state index is 10.1. The summed E-state index contributed by atoms with van der Waals surface area (Å²) in [6.45, 7) is 5.10. The molecule has 1 heterocycles. The Labute approximate surface area is 104 Å². The van der Waals surface area contributed by atoms with E-state index in [4.69, 9.17) is 9.47 Å². The van der Waals surface area contributed by atoms with Crippen molar-refractivity contribution < 1.29 is 14.6 Å². The molecule has 0 saturated carbocycles. The zero-order chi connectivity index (χ0) is 11.7. The summed E-state index contributed by atoms with van der Waals surface area (Å²) in [5.41, 5.74) is 0.847. The van der Waals surface area contributed by atoms with Crippen LogP contribution in [0.5, 0.6) is 11.5 Å². The fourth-order valence-electron chi connectivity index (χ4n) is 1.67. The average Bonchev–Trinajstić information content (AvgIpc) is 2.27. The standard InChI is InChI=1S/C12H15BrO3/c1-7(2)12(14)8-5-10-11(6-9(8)13)16-4-3-15-10/h5-7,12,14H,3-4H2,1-2H3. The van der Waals surface area contributed by atoms with Gasteiger partial charge >= 0.3 is 0 Å². The normalized spacial score (nSPS) is 16.3. The van der Waals surface area contributed by atoms with Gasteiger partial charge < -0.3 is 14.6 Å². The Balaban J connectivity index is 2.39. The second-order valence-electron chi connectivity index (χ2n) is 4.21. The molecule has 0 bridgehead atoms. The number of benzene rings is 1. The molecule has 88 valence electrons. The summed E-state index contributed by atoms with van der Waals surface area (Å²) in [7, 11) is 0.